The van der Waals surface area contributed by atoms with Crippen LogP contribution in [-0.2, 0) is 12.3 Å². The molecule has 1 aliphatic heterocycles. The third-order valence-electron chi connectivity index (χ3n) is 3.11. The Hall–Kier alpha value is -1.92. The van der Waals surface area contributed by atoms with Crippen molar-refractivity contribution in [1.29, 1.82) is 5.26 Å². The normalized spacial score (nSPS) is 13.8. The predicted octanol–water partition coefficient (Wildman–Crippen LogP) is 3.78. The molecule has 0 N–H and O–H groups in total. The van der Waals surface area contributed by atoms with E-state index in [2.05, 4.69) is 30.5 Å². The highest BCUT2D eigenvalue weighted by molar-refractivity contribution is 7.98. The van der Waals surface area contributed by atoms with E-state index in [4.69, 9.17) is 0 Å². The third-order valence-corrected chi connectivity index (χ3v) is 4.22. The first-order valence-corrected chi connectivity index (χ1v) is 6.83. The zero-order valence-electron chi connectivity index (χ0n) is 9.84. The summed E-state index contributed by atoms with van der Waals surface area (Å²) in [5, 5.41) is 9.35. The summed E-state index contributed by atoms with van der Waals surface area (Å²) in [7, 11) is 0. The zero-order chi connectivity index (χ0) is 12.4. The lowest BCUT2D eigenvalue weighted by atomic mass is 10.1. The molecule has 0 atom stereocenters. The lowest BCUT2D eigenvalue weighted by molar-refractivity contribution is 0.944. The molecule has 0 aliphatic carbocycles. The van der Waals surface area contributed by atoms with E-state index in [1.807, 2.05) is 24.3 Å². The summed E-state index contributed by atoms with van der Waals surface area (Å²) >= 11 is 1.79. The van der Waals surface area contributed by atoms with E-state index >= 15 is 0 Å². The minimum atomic E-state index is 0.657. The van der Waals surface area contributed by atoms with Gasteiger partial charge in [-0.2, -0.15) is 5.26 Å². The van der Waals surface area contributed by atoms with E-state index in [0.717, 1.165) is 11.4 Å². The van der Waals surface area contributed by atoms with Gasteiger partial charge in [-0.1, -0.05) is 36.4 Å². The second-order valence-corrected chi connectivity index (χ2v) is 5.23. The Morgan fingerprint density at radius 3 is 2.56 bits per heavy atom. The van der Waals surface area contributed by atoms with Gasteiger partial charge in [0.2, 0.25) is 0 Å². The molecule has 0 saturated heterocycles. The fraction of sp³-hybridized carbons (Fsp3) is 0.133. The van der Waals surface area contributed by atoms with Crippen molar-refractivity contribution in [3.63, 3.8) is 0 Å². The molecule has 1 heterocycles. The summed E-state index contributed by atoms with van der Waals surface area (Å²) in [6.07, 6.45) is 2.29. The Bertz CT molecular complexity index is 616. The van der Waals surface area contributed by atoms with Gasteiger partial charge in [0.25, 0.3) is 0 Å². The lowest BCUT2D eigenvalue weighted by Crippen LogP contribution is -2.18. The first kappa shape index (κ1) is 11.2. The Labute approximate surface area is 111 Å². The molecular weight excluding hydrogens is 240 g/mol. The molecule has 3 rings (SSSR count). The van der Waals surface area contributed by atoms with Crippen molar-refractivity contribution >= 4 is 17.4 Å². The molecule has 0 saturated carbocycles. The molecule has 0 fully saturated rings. The maximum atomic E-state index is 9.35. The molecule has 3 heteroatoms. The zero-order valence-corrected chi connectivity index (χ0v) is 10.7. The van der Waals surface area contributed by atoms with Gasteiger partial charge in [0.15, 0.2) is 6.19 Å². The number of hydrogen-bond donors (Lipinski definition) is 0. The van der Waals surface area contributed by atoms with Gasteiger partial charge in [0, 0.05) is 10.6 Å². The van der Waals surface area contributed by atoms with Crippen molar-refractivity contribution in [2.45, 2.75) is 17.2 Å². The second-order valence-electron chi connectivity index (χ2n) is 4.21. The number of nitrogens with zero attached hydrogens (tertiary/aromatic N) is 2. The Morgan fingerprint density at radius 2 is 1.72 bits per heavy atom. The van der Waals surface area contributed by atoms with Gasteiger partial charge in [-0.15, -0.1) is 11.8 Å². The van der Waals surface area contributed by atoms with Gasteiger partial charge >= 0.3 is 0 Å². The van der Waals surface area contributed by atoms with Crippen LogP contribution in [0.5, 0.6) is 0 Å². The molecule has 0 unspecified atom stereocenters. The van der Waals surface area contributed by atoms with Crippen LogP contribution < -0.4 is 4.90 Å². The molecule has 88 valence electrons. The number of nitriles is 1. The van der Waals surface area contributed by atoms with Crippen LogP contribution in [0, 0.1) is 11.5 Å². The number of anilines is 1. The van der Waals surface area contributed by atoms with Crippen molar-refractivity contribution in [1.82, 2.24) is 0 Å². The first-order valence-electron chi connectivity index (χ1n) is 5.84. The highest BCUT2D eigenvalue weighted by atomic mass is 32.2. The quantitative estimate of drug-likeness (QED) is 0.668. The maximum absolute atomic E-state index is 9.35. The van der Waals surface area contributed by atoms with E-state index in [1.165, 1.54) is 16.0 Å². The van der Waals surface area contributed by atoms with Gasteiger partial charge < -0.3 is 0 Å². The topological polar surface area (TPSA) is 27.0 Å². The van der Waals surface area contributed by atoms with E-state index < -0.39 is 0 Å². The summed E-state index contributed by atoms with van der Waals surface area (Å²) in [4.78, 5) is 2.94. The van der Waals surface area contributed by atoms with Crippen LogP contribution in [0.3, 0.4) is 0 Å². The number of thioether (sulfide) groups is 1. The van der Waals surface area contributed by atoms with E-state index in [1.54, 1.807) is 16.7 Å². The predicted molar refractivity (Wildman–Crippen MR) is 74.2 cm³/mol. The molecular formula is C15H12N2S. The van der Waals surface area contributed by atoms with Crippen molar-refractivity contribution in [3.8, 4) is 6.19 Å². The molecule has 0 aromatic heterocycles. The number of para-hydroxylation sites is 1. The molecule has 2 aromatic carbocycles. The number of rotatable bonds is 0. The summed E-state index contributed by atoms with van der Waals surface area (Å²) in [5.41, 5.74) is 3.57. The molecule has 2 nitrogen and oxygen atoms in total. The van der Waals surface area contributed by atoms with Crippen molar-refractivity contribution in [3.05, 3.63) is 59.7 Å². The van der Waals surface area contributed by atoms with E-state index in [9.17, 15) is 5.26 Å². The average molecular weight is 252 g/mol. The van der Waals surface area contributed by atoms with Crippen LogP contribution in [0.4, 0.5) is 5.69 Å². The molecule has 18 heavy (non-hydrogen) atoms. The standard InChI is InChI=1S/C15H12N2S/c16-11-17-9-12-5-1-2-6-13(12)10-18-15-8-4-3-7-14(15)17/h1-8H,9-10H2. The molecule has 0 spiro atoms. The molecule has 0 amide bonds. The lowest BCUT2D eigenvalue weighted by Gasteiger charge is -2.23. The number of fused-ring (bicyclic) bond motifs is 2. The monoisotopic (exact) mass is 252 g/mol. The molecule has 0 bridgehead atoms. The van der Waals surface area contributed by atoms with Crippen LogP contribution in [0.2, 0.25) is 0 Å². The van der Waals surface area contributed by atoms with Gasteiger partial charge in [0.05, 0.1) is 12.2 Å². The van der Waals surface area contributed by atoms with Gasteiger partial charge in [-0.3, -0.25) is 4.90 Å². The Morgan fingerprint density at radius 1 is 1.00 bits per heavy atom. The van der Waals surface area contributed by atoms with Gasteiger partial charge in [-0.05, 0) is 23.3 Å². The number of hydrogen-bond acceptors (Lipinski definition) is 3. The van der Waals surface area contributed by atoms with Crippen molar-refractivity contribution < 1.29 is 0 Å². The van der Waals surface area contributed by atoms with Crippen molar-refractivity contribution in [2.24, 2.45) is 0 Å². The highest BCUT2D eigenvalue weighted by Crippen LogP contribution is 2.36. The largest absolute Gasteiger partial charge is 0.274 e. The van der Waals surface area contributed by atoms with Crippen LogP contribution in [0.15, 0.2) is 53.4 Å². The minimum absolute atomic E-state index is 0.657. The summed E-state index contributed by atoms with van der Waals surface area (Å²) in [6.45, 7) is 0.657. The summed E-state index contributed by atoms with van der Waals surface area (Å²) in [6, 6.07) is 16.4. The third kappa shape index (κ3) is 1.96. The van der Waals surface area contributed by atoms with Crippen LogP contribution in [-0.4, -0.2) is 0 Å². The average Bonchev–Trinajstić information content (AvgIpc) is 2.41. The van der Waals surface area contributed by atoms with Crippen LogP contribution in [0.1, 0.15) is 11.1 Å². The number of benzene rings is 2. The van der Waals surface area contributed by atoms with Crippen LogP contribution in [0.25, 0.3) is 0 Å². The molecule has 2 aromatic rings. The van der Waals surface area contributed by atoms with Gasteiger partial charge in [-0.25, -0.2) is 0 Å². The van der Waals surface area contributed by atoms with Crippen molar-refractivity contribution in [2.75, 3.05) is 4.90 Å². The molecule has 0 radical (unpaired) electrons. The smallest absolute Gasteiger partial charge is 0.184 e. The van der Waals surface area contributed by atoms with Crippen LogP contribution >= 0.6 is 11.8 Å². The maximum Gasteiger partial charge on any atom is 0.184 e. The summed E-state index contributed by atoms with van der Waals surface area (Å²) < 4.78 is 0. The fourth-order valence-corrected chi connectivity index (χ4v) is 3.25. The highest BCUT2D eigenvalue weighted by Gasteiger charge is 2.16. The Kier molecular flexibility index (Phi) is 2.95. The second kappa shape index (κ2) is 4.75. The minimum Gasteiger partial charge on any atom is -0.274 e. The van der Waals surface area contributed by atoms with E-state index in [0.29, 0.717) is 6.54 Å². The summed E-state index contributed by atoms with van der Waals surface area (Å²) in [5.74, 6) is 0.965. The fourth-order valence-electron chi connectivity index (χ4n) is 2.16. The molecule has 1 aliphatic rings. The van der Waals surface area contributed by atoms with Gasteiger partial charge in [0.1, 0.15) is 0 Å². The first-order chi connectivity index (χ1) is 8.88. The SMILES string of the molecule is N#CN1Cc2ccccc2CSc2ccccc21. The van der Waals surface area contributed by atoms with E-state index in [-0.39, 0.29) is 0 Å². The Balaban J connectivity index is 2.08.